The molecule has 1 aliphatic rings. The third kappa shape index (κ3) is 2.65. The van der Waals surface area contributed by atoms with Crippen LogP contribution in [0, 0.1) is 5.92 Å². The van der Waals surface area contributed by atoms with Gasteiger partial charge in [0.25, 0.3) is 0 Å². The average molecular weight is 263 g/mol. The molecule has 0 spiro atoms. The van der Waals surface area contributed by atoms with Crippen LogP contribution >= 0.6 is 27.7 Å². The fourth-order valence-electron chi connectivity index (χ4n) is 0.989. The van der Waals surface area contributed by atoms with Crippen LogP contribution in [0.4, 0.5) is 13.2 Å². The minimum Gasteiger partial charge on any atom is -0.297 e. The van der Waals surface area contributed by atoms with Gasteiger partial charge in [0.1, 0.15) is 4.16 Å². The standard InChI is InChI=1S/C6H6BrF3OS/c7-5-4(11)3(2-12-5)1-6(8,9)10/h3,5H,1-2H2. The number of hydrogen-bond acceptors (Lipinski definition) is 2. The summed E-state index contributed by atoms with van der Waals surface area (Å²) in [7, 11) is 0. The van der Waals surface area contributed by atoms with Crippen molar-refractivity contribution in [2.75, 3.05) is 5.75 Å². The SMILES string of the molecule is O=C1C(CC(F)(F)F)CSC1Br. The van der Waals surface area contributed by atoms with Gasteiger partial charge in [0.05, 0.1) is 6.42 Å². The van der Waals surface area contributed by atoms with Gasteiger partial charge in [-0.1, -0.05) is 15.9 Å². The zero-order chi connectivity index (χ0) is 9.35. The summed E-state index contributed by atoms with van der Waals surface area (Å²) >= 11 is 4.22. The number of rotatable bonds is 1. The lowest BCUT2D eigenvalue weighted by molar-refractivity contribution is -0.150. The molecule has 1 rings (SSSR count). The Morgan fingerprint density at radius 1 is 1.58 bits per heavy atom. The molecular weight excluding hydrogens is 257 g/mol. The van der Waals surface area contributed by atoms with Crippen molar-refractivity contribution < 1.29 is 18.0 Å². The van der Waals surface area contributed by atoms with Gasteiger partial charge in [0.15, 0.2) is 5.78 Å². The molecule has 0 aromatic rings. The van der Waals surface area contributed by atoms with Crippen molar-refractivity contribution >= 4 is 33.5 Å². The van der Waals surface area contributed by atoms with Crippen LogP contribution < -0.4 is 0 Å². The summed E-state index contributed by atoms with van der Waals surface area (Å²) in [5.41, 5.74) is 0. The van der Waals surface area contributed by atoms with Gasteiger partial charge >= 0.3 is 6.18 Å². The normalized spacial score (nSPS) is 31.2. The van der Waals surface area contributed by atoms with Crippen LogP contribution in [0.2, 0.25) is 0 Å². The first kappa shape index (κ1) is 10.4. The molecule has 1 fully saturated rings. The second-order valence-corrected chi connectivity index (χ2v) is 5.23. The topological polar surface area (TPSA) is 17.1 Å². The van der Waals surface area contributed by atoms with E-state index in [-0.39, 0.29) is 11.5 Å². The molecule has 6 heteroatoms. The number of ketones is 1. The number of alkyl halides is 4. The van der Waals surface area contributed by atoms with E-state index in [0.717, 1.165) is 0 Å². The van der Waals surface area contributed by atoms with E-state index in [1.807, 2.05) is 0 Å². The highest BCUT2D eigenvalue weighted by molar-refractivity contribution is 9.11. The Morgan fingerprint density at radius 3 is 2.50 bits per heavy atom. The summed E-state index contributed by atoms with van der Waals surface area (Å²) in [6.45, 7) is 0. The Labute approximate surface area is 80.2 Å². The van der Waals surface area contributed by atoms with E-state index >= 15 is 0 Å². The van der Waals surface area contributed by atoms with Crippen LogP contribution in [0.1, 0.15) is 6.42 Å². The number of carbonyl (C=O) groups is 1. The summed E-state index contributed by atoms with van der Waals surface area (Å²) < 4.78 is 35.1. The van der Waals surface area contributed by atoms with Crippen LogP contribution in [0.15, 0.2) is 0 Å². The number of halogens is 4. The van der Waals surface area contributed by atoms with Gasteiger partial charge in [-0.05, 0) is 0 Å². The first-order chi connectivity index (χ1) is 5.40. The van der Waals surface area contributed by atoms with Gasteiger partial charge in [0.2, 0.25) is 0 Å². The van der Waals surface area contributed by atoms with Gasteiger partial charge in [-0.25, -0.2) is 0 Å². The molecule has 0 aromatic heterocycles. The molecule has 1 nitrogen and oxygen atoms in total. The maximum absolute atomic E-state index is 11.8. The van der Waals surface area contributed by atoms with E-state index in [0.29, 0.717) is 0 Å². The average Bonchev–Trinajstić information content (AvgIpc) is 2.16. The lowest BCUT2D eigenvalue weighted by Crippen LogP contribution is -2.22. The van der Waals surface area contributed by atoms with E-state index < -0.39 is 22.7 Å². The Bertz CT molecular complexity index is 194. The number of carbonyl (C=O) groups excluding carboxylic acids is 1. The van der Waals surface area contributed by atoms with Crippen molar-refractivity contribution in [3.8, 4) is 0 Å². The van der Waals surface area contributed by atoms with Crippen molar-refractivity contribution in [2.24, 2.45) is 5.92 Å². The smallest absolute Gasteiger partial charge is 0.297 e. The maximum Gasteiger partial charge on any atom is 0.389 e. The van der Waals surface area contributed by atoms with Crippen LogP contribution in [0.3, 0.4) is 0 Å². The van der Waals surface area contributed by atoms with Gasteiger partial charge in [-0.15, -0.1) is 11.8 Å². The zero-order valence-corrected chi connectivity index (χ0v) is 8.30. The highest BCUT2D eigenvalue weighted by atomic mass is 79.9. The molecule has 2 unspecified atom stereocenters. The van der Waals surface area contributed by atoms with E-state index in [2.05, 4.69) is 15.9 Å². The van der Waals surface area contributed by atoms with E-state index in [4.69, 9.17) is 0 Å². The first-order valence-electron chi connectivity index (χ1n) is 3.26. The summed E-state index contributed by atoms with van der Waals surface area (Å²) in [6, 6.07) is 0. The van der Waals surface area contributed by atoms with Crippen molar-refractivity contribution in [1.82, 2.24) is 0 Å². The molecule has 1 heterocycles. The number of Topliss-reactive ketones (excluding diaryl/α,β-unsaturated/α-hetero) is 1. The molecule has 1 aliphatic heterocycles. The minimum atomic E-state index is -4.22. The van der Waals surface area contributed by atoms with E-state index in [9.17, 15) is 18.0 Å². The number of thioether (sulfide) groups is 1. The van der Waals surface area contributed by atoms with Crippen molar-refractivity contribution in [3.63, 3.8) is 0 Å². The molecule has 2 atom stereocenters. The van der Waals surface area contributed by atoms with Gasteiger partial charge < -0.3 is 0 Å². The Kier molecular flexibility index (Phi) is 3.09. The monoisotopic (exact) mass is 262 g/mol. The lowest BCUT2D eigenvalue weighted by atomic mass is 10.0. The molecule has 0 saturated carbocycles. The molecular formula is C6H6BrF3OS. The van der Waals surface area contributed by atoms with Crippen LogP contribution in [0.25, 0.3) is 0 Å². The minimum absolute atomic E-state index is 0.272. The molecule has 0 bridgehead atoms. The Morgan fingerprint density at radius 2 is 2.17 bits per heavy atom. The second-order valence-electron chi connectivity index (χ2n) is 2.57. The molecule has 1 saturated heterocycles. The number of hydrogen-bond donors (Lipinski definition) is 0. The highest BCUT2D eigenvalue weighted by Crippen LogP contribution is 2.37. The predicted octanol–water partition coefficient (Wildman–Crippen LogP) is 2.59. The fourth-order valence-corrected chi connectivity index (χ4v) is 2.86. The second kappa shape index (κ2) is 3.57. The predicted molar refractivity (Wildman–Crippen MR) is 44.3 cm³/mol. The maximum atomic E-state index is 11.8. The molecule has 0 radical (unpaired) electrons. The third-order valence-electron chi connectivity index (χ3n) is 1.55. The van der Waals surface area contributed by atoms with Crippen LogP contribution in [-0.4, -0.2) is 21.9 Å². The molecule has 0 aliphatic carbocycles. The van der Waals surface area contributed by atoms with Crippen LogP contribution in [0.5, 0.6) is 0 Å². The van der Waals surface area contributed by atoms with E-state index in [1.165, 1.54) is 11.8 Å². The summed E-state index contributed by atoms with van der Waals surface area (Å²) in [6.07, 6.45) is -5.21. The van der Waals surface area contributed by atoms with Gasteiger partial charge in [-0.3, -0.25) is 4.79 Å². The summed E-state index contributed by atoms with van der Waals surface area (Å²) in [4.78, 5) is 11.0. The Hall–Kier alpha value is 0.290. The molecule has 70 valence electrons. The zero-order valence-electron chi connectivity index (χ0n) is 5.90. The first-order valence-corrected chi connectivity index (χ1v) is 5.23. The largest absolute Gasteiger partial charge is 0.389 e. The van der Waals surface area contributed by atoms with Crippen molar-refractivity contribution in [3.05, 3.63) is 0 Å². The molecule has 0 aromatic carbocycles. The molecule has 0 N–H and O–H groups in total. The van der Waals surface area contributed by atoms with Crippen molar-refractivity contribution in [1.29, 1.82) is 0 Å². The van der Waals surface area contributed by atoms with Crippen LogP contribution in [-0.2, 0) is 4.79 Å². The molecule has 12 heavy (non-hydrogen) atoms. The molecule has 0 amide bonds. The quantitative estimate of drug-likeness (QED) is 0.676. The Balaban J connectivity index is 2.50. The summed E-state index contributed by atoms with van der Waals surface area (Å²) in [5.74, 6) is -0.912. The van der Waals surface area contributed by atoms with Gasteiger partial charge in [0, 0.05) is 11.7 Å². The third-order valence-corrected chi connectivity index (χ3v) is 3.91. The van der Waals surface area contributed by atoms with Crippen molar-refractivity contribution in [2.45, 2.75) is 16.8 Å². The summed E-state index contributed by atoms with van der Waals surface area (Å²) in [5, 5.41) is 0. The van der Waals surface area contributed by atoms with Gasteiger partial charge in [-0.2, -0.15) is 13.2 Å². The fraction of sp³-hybridized carbons (Fsp3) is 0.833. The van der Waals surface area contributed by atoms with E-state index in [1.54, 1.807) is 0 Å². The lowest BCUT2D eigenvalue weighted by Gasteiger charge is -2.09. The highest BCUT2D eigenvalue weighted by Gasteiger charge is 2.41.